The van der Waals surface area contributed by atoms with Crippen LogP contribution in [-0.4, -0.2) is 27.0 Å². The molecule has 0 unspecified atom stereocenters. The van der Waals surface area contributed by atoms with Crippen molar-refractivity contribution in [1.29, 1.82) is 0 Å². The van der Waals surface area contributed by atoms with Crippen molar-refractivity contribution in [1.82, 2.24) is 9.38 Å². The normalized spacial score (nSPS) is 11.2. The molecule has 9 heteroatoms. The van der Waals surface area contributed by atoms with Gasteiger partial charge in [0.15, 0.2) is 0 Å². The van der Waals surface area contributed by atoms with E-state index in [0.29, 0.717) is 22.1 Å². The smallest absolute Gasteiger partial charge is 0.412 e. The summed E-state index contributed by atoms with van der Waals surface area (Å²) in [6.45, 7) is 5.07. The van der Waals surface area contributed by atoms with E-state index in [4.69, 9.17) is 21.1 Å². The molecular weight excluding hydrogens is 410 g/mol. The van der Waals surface area contributed by atoms with E-state index < -0.39 is 17.7 Å². The average molecular weight is 430 g/mol. The van der Waals surface area contributed by atoms with Crippen LogP contribution in [0.25, 0.3) is 5.65 Å². The molecule has 0 aliphatic carbocycles. The molecule has 0 atom stereocenters. The number of fused-ring (bicyclic) bond motifs is 1. The van der Waals surface area contributed by atoms with Crippen molar-refractivity contribution in [3.05, 3.63) is 75.3 Å². The largest absolute Gasteiger partial charge is 0.456 e. The van der Waals surface area contributed by atoms with Gasteiger partial charge in [0.25, 0.3) is 5.56 Å². The molecule has 30 heavy (non-hydrogen) atoms. The van der Waals surface area contributed by atoms with Crippen molar-refractivity contribution in [3.63, 3.8) is 0 Å². The number of nitrogens with zero attached hydrogens (tertiary/aromatic N) is 2. The molecule has 3 rings (SSSR count). The lowest BCUT2D eigenvalue weighted by molar-refractivity contribution is 0.0466. The van der Waals surface area contributed by atoms with E-state index in [0.717, 1.165) is 0 Å². The third-order valence-corrected chi connectivity index (χ3v) is 3.99. The molecule has 0 spiro atoms. The van der Waals surface area contributed by atoms with Crippen LogP contribution in [0, 0.1) is 0 Å². The fourth-order valence-corrected chi connectivity index (χ4v) is 2.73. The molecule has 0 bridgehead atoms. The third kappa shape index (κ3) is 5.57. The predicted octanol–water partition coefficient (Wildman–Crippen LogP) is 4.05. The molecule has 0 aliphatic rings. The number of rotatable bonds is 4. The molecule has 0 fully saturated rings. The summed E-state index contributed by atoms with van der Waals surface area (Å²) in [5, 5.41) is 2.97. The first-order valence-corrected chi connectivity index (χ1v) is 9.43. The number of benzene rings is 1. The number of ether oxygens (including phenoxy) is 2. The number of carbonyl (C=O) groups is 2. The molecule has 1 N–H and O–H groups in total. The van der Waals surface area contributed by atoms with Crippen molar-refractivity contribution < 1.29 is 19.1 Å². The molecule has 2 heterocycles. The summed E-state index contributed by atoms with van der Waals surface area (Å²) in [5.41, 5.74) is 0.333. The van der Waals surface area contributed by atoms with Gasteiger partial charge in [0.2, 0.25) is 0 Å². The lowest BCUT2D eigenvalue weighted by Crippen LogP contribution is -2.27. The van der Waals surface area contributed by atoms with Gasteiger partial charge >= 0.3 is 12.1 Å². The van der Waals surface area contributed by atoms with Gasteiger partial charge in [0, 0.05) is 18.0 Å². The molecule has 0 aliphatic heterocycles. The molecule has 1 aromatic carbocycles. The number of nitrogens with one attached hydrogen (secondary N) is 1. The van der Waals surface area contributed by atoms with E-state index in [-0.39, 0.29) is 17.7 Å². The van der Waals surface area contributed by atoms with Crippen LogP contribution in [0.4, 0.5) is 10.5 Å². The summed E-state index contributed by atoms with van der Waals surface area (Å²) >= 11 is 5.89. The Balaban J connectivity index is 1.68. The first-order chi connectivity index (χ1) is 14.1. The van der Waals surface area contributed by atoms with Crippen molar-refractivity contribution >= 4 is 35.0 Å². The molecule has 156 valence electrons. The van der Waals surface area contributed by atoms with Crippen LogP contribution in [0.1, 0.15) is 36.8 Å². The van der Waals surface area contributed by atoms with Gasteiger partial charge in [-0.15, -0.1) is 0 Å². The number of esters is 1. The van der Waals surface area contributed by atoms with Gasteiger partial charge in [-0.2, -0.15) is 0 Å². The number of hydrogen-bond donors (Lipinski definition) is 1. The van der Waals surface area contributed by atoms with Gasteiger partial charge in [0.05, 0.1) is 16.3 Å². The highest BCUT2D eigenvalue weighted by Gasteiger charge is 2.17. The Morgan fingerprint density at radius 1 is 1.17 bits per heavy atom. The van der Waals surface area contributed by atoms with E-state index in [2.05, 4.69) is 10.3 Å². The second-order valence-electron chi connectivity index (χ2n) is 7.45. The number of halogens is 1. The van der Waals surface area contributed by atoms with Crippen LogP contribution < -0.4 is 10.9 Å². The minimum absolute atomic E-state index is 0.184. The zero-order valence-corrected chi connectivity index (χ0v) is 17.4. The van der Waals surface area contributed by atoms with Crippen molar-refractivity contribution in [3.8, 4) is 0 Å². The highest BCUT2D eigenvalue weighted by Crippen LogP contribution is 2.15. The monoisotopic (exact) mass is 429 g/mol. The van der Waals surface area contributed by atoms with Crippen LogP contribution in [0.15, 0.2) is 53.5 Å². The van der Waals surface area contributed by atoms with Crippen LogP contribution >= 0.6 is 11.6 Å². The van der Waals surface area contributed by atoms with Crippen molar-refractivity contribution in [2.75, 3.05) is 5.32 Å². The fraction of sp³-hybridized carbons (Fsp3) is 0.238. The standard InChI is InChI=1S/C21H20ClN3O5/c1-21(2,3)30-20(28)24-15-6-4-5-13(9-15)19(27)29-12-16-10-18(26)25-11-14(22)7-8-17(25)23-16/h4-11H,12H2,1-3H3,(H,24,28). The van der Waals surface area contributed by atoms with Crippen molar-refractivity contribution in [2.24, 2.45) is 0 Å². The van der Waals surface area contributed by atoms with Gasteiger partial charge in [-0.25, -0.2) is 14.6 Å². The summed E-state index contributed by atoms with van der Waals surface area (Å²) in [7, 11) is 0. The maximum Gasteiger partial charge on any atom is 0.412 e. The minimum Gasteiger partial charge on any atom is -0.456 e. The zero-order chi connectivity index (χ0) is 21.9. The first-order valence-electron chi connectivity index (χ1n) is 9.06. The number of carbonyl (C=O) groups excluding carboxylic acids is 2. The average Bonchev–Trinajstić information content (AvgIpc) is 2.65. The van der Waals surface area contributed by atoms with E-state index in [1.54, 1.807) is 51.1 Å². The number of aromatic nitrogens is 2. The van der Waals surface area contributed by atoms with Crippen LogP contribution in [-0.2, 0) is 16.1 Å². The molecule has 0 radical (unpaired) electrons. The van der Waals surface area contributed by atoms with Gasteiger partial charge in [-0.05, 0) is 51.1 Å². The maximum absolute atomic E-state index is 12.4. The van der Waals surface area contributed by atoms with Gasteiger partial charge in [-0.3, -0.25) is 14.5 Å². The Bertz CT molecular complexity index is 1170. The Morgan fingerprint density at radius 3 is 2.67 bits per heavy atom. The number of pyridine rings is 1. The second-order valence-corrected chi connectivity index (χ2v) is 7.88. The summed E-state index contributed by atoms with van der Waals surface area (Å²) in [6.07, 6.45) is 0.833. The van der Waals surface area contributed by atoms with Crippen LogP contribution in [0.3, 0.4) is 0 Å². The predicted molar refractivity (Wildman–Crippen MR) is 112 cm³/mol. The summed E-state index contributed by atoms with van der Waals surface area (Å²) < 4.78 is 11.8. The molecule has 2 aromatic heterocycles. The molecule has 3 aromatic rings. The lowest BCUT2D eigenvalue weighted by atomic mass is 10.2. The van der Waals surface area contributed by atoms with Gasteiger partial charge < -0.3 is 9.47 Å². The van der Waals surface area contributed by atoms with Crippen LogP contribution in [0.2, 0.25) is 5.02 Å². The Morgan fingerprint density at radius 2 is 1.93 bits per heavy atom. The van der Waals surface area contributed by atoms with E-state index >= 15 is 0 Å². The Hall–Kier alpha value is -3.39. The Kier molecular flexibility index (Phi) is 6.07. The SMILES string of the molecule is CC(C)(C)OC(=O)Nc1cccc(C(=O)OCc2cc(=O)n3cc(Cl)ccc3n2)c1. The van der Waals surface area contributed by atoms with Crippen LogP contribution in [0.5, 0.6) is 0 Å². The summed E-state index contributed by atoms with van der Waals surface area (Å²) in [4.78, 5) is 40.7. The topological polar surface area (TPSA) is 99.0 Å². The van der Waals surface area contributed by atoms with Gasteiger partial charge in [0.1, 0.15) is 17.9 Å². The highest BCUT2D eigenvalue weighted by atomic mass is 35.5. The minimum atomic E-state index is -0.641. The number of anilines is 1. The quantitative estimate of drug-likeness (QED) is 0.628. The van der Waals surface area contributed by atoms with Crippen molar-refractivity contribution in [2.45, 2.75) is 33.0 Å². The Labute approximate surface area is 177 Å². The number of hydrogen-bond acceptors (Lipinski definition) is 6. The molecule has 0 saturated heterocycles. The molecule has 8 nitrogen and oxygen atoms in total. The summed E-state index contributed by atoms with van der Waals surface area (Å²) in [6, 6.07) is 10.7. The van der Waals surface area contributed by atoms with E-state index in [1.807, 2.05) is 0 Å². The second kappa shape index (κ2) is 8.54. The summed E-state index contributed by atoms with van der Waals surface area (Å²) in [5.74, 6) is -0.624. The van der Waals surface area contributed by atoms with Gasteiger partial charge in [-0.1, -0.05) is 17.7 Å². The van der Waals surface area contributed by atoms with E-state index in [1.165, 1.54) is 22.7 Å². The van der Waals surface area contributed by atoms with E-state index in [9.17, 15) is 14.4 Å². The molecule has 1 amide bonds. The molecule has 0 saturated carbocycles. The zero-order valence-electron chi connectivity index (χ0n) is 16.6. The maximum atomic E-state index is 12.4. The first kappa shape index (κ1) is 21.3. The lowest BCUT2D eigenvalue weighted by Gasteiger charge is -2.19. The third-order valence-electron chi connectivity index (χ3n) is 3.77. The highest BCUT2D eigenvalue weighted by molar-refractivity contribution is 6.30. The fourth-order valence-electron chi connectivity index (χ4n) is 2.57. The molecular formula is C21H20ClN3O5. The number of amides is 1.